The van der Waals surface area contributed by atoms with Gasteiger partial charge in [0.15, 0.2) is 0 Å². The van der Waals surface area contributed by atoms with Crippen LogP contribution in [0, 0.1) is 0 Å². The summed E-state index contributed by atoms with van der Waals surface area (Å²) in [7, 11) is 6.60. The van der Waals surface area contributed by atoms with Crippen molar-refractivity contribution in [2.24, 2.45) is 0 Å². The van der Waals surface area contributed by atoms with Crippen molar-refractivity contribution in [3.05, 3.63) is 65.7 Å². The predicted molar refractivity (Wildman–Crippen MR) is 83.4 cm³/mol. The van der Waals surface area contributed by atoms with Crippen LogP contribution in [0.2, 0.25) is 0 Å². The van der Waals surface area contributed by atoms with Gasteiger partial charge in [0.1, 0.15) is 6.54 Å². The lowest BCUT2D eigenvalue weighted by atomic mass is 10.2. The number of anilines is 1. The maximum Gasteiger partial charge on any atom is 0.104 e. The fourth-order valence-corrected chi connectivity index (χ4v) is 1.81. The zero-order chi connectivity index (χ0) is 15.9. The molecule has 0 fully saturated rings. The van der Waals surface area contributed by atoms with Gasteiger partial charge in [-0.2, -0.15) is 0 Å². The maximum atomic E-state index is 10.2. The van der Waals surface area contributed by atoms with E-state index in [0.29, 0.717) is 0 Å². The Morgan fingerprint density at radius 1 is 1.00 bits per heavy atom. The maximum absolute atomic E-state index is 10.2. The molecule has 0 amide bonds. The Morgan fingerprint density at radius 3 is 1.95 bits per heavy atom. The fraction of sp³-hybridized carbons (Fsp3) is 0.235. The normalized spacial score (nSPS) is 10.4. The van der Waals surface area contributed by atoms with Crippen LogP contribution < -0.4 is 10.8 Å². The van der Waals surface area contributed by atoms with Crippen LogP contribution in [0.5, 0.6) is 0 Å². The molecule has 0 aliphatic carbocycles. The highest BCUT2D eigenvalue weighted by Crippen LogP contribution is 2.08. The van der Waals surface area contributed by atoms with Crippen LogP contribution in [0.3, 0.4) is 0 Å². The second-order valence-corrected chi connectivity index (χ2v) is 5.81. The minimum absolute atomic E-state index is 0.0440. The number of carboxylic acids is 1. The largest absolute Gasteiger partial charge is 0.545 e. The van der Waals surface area contributed by atoms with Crippen molar-refractivity contribution in [3.63, 3.8) is 0 Å². The quantitative estimate of drug-likeness (QED) is 0.687. The molecule has 0 aromatic heterocycles. The number of rotatable bonds is 3. The summed E-state index contributed by atoms with van der Waals surface area (Å²) in [5, 5.41) is 10.2. The van der Waals surface area contributed by atoms with Gasteiger partial charge in [-0.15, -0.1) is 0 Å². The van der Waals surface area contributed by atoms with Crippen LogP contribution in [0.25, 0.3) is 0 Å². The van der Waals surface area contributed by atoms with Crippen molar-refractivity contribution in [1.82, 2.24) is 0 Å². The van der Waals surface area contributed by atoms with Crippen molar-refractivity contribution in [2.75, 3.05) is 26.9 Å². The van der Waals surface area contributed by atoms with Gasteiger partial charge in [-0.3, -0.25) is 0 Å². The molecule has 4 nitrogen and oxygen atoms in total. The van der Waals surface area contributed by atoms with Crippen LogP contribution in [0.15, 0.2) is 54.6 Å². The lowest BCUT2D eigenvalue weighted by Gasteiger charge is -2.23. The number of para-hydroxylation sites is 1. The van der Waals surface area contributed by atoms with Crippen molar-refractivity contribution >= 4 is 11.7 Å². The van der Waals surface area contributed by atoms with Crippen LogP contribution in [-0.4, -0.2) is 31.6 Å². The highest BCUT2D eigenvalue weighted by molar-refractivity contribution is 5.91. The standard InChI is InChI=1S/C10H16N.C7H7NO2/c1-11(2,3)9-10-7-5-4-6-8-10;8-6-4-2-1-3-5(6)7(9)10/h4-8H,9H2,1-3H3;1-4H,8H2,(H,9,10)/q+1;/p-1. The summed E-state index contributed by atoms with van der Waals surface area (Å²) >= 11 is 0. The summed E-state index contributed by atoms with van der Waals surface area (Å²) in [5.41, 5.74) is 6.99. The molecular weight excluding hydrogens is 264 g/mol. The molecule has 0 bridgehead atoms. The molecule has 0 radical (unpaired) electrons. The third-order valence-corrected chi connectivity index (χ3v) is 2.68. The van der Waals surface area contributed by atoms with Gasteiger partial charge in [0.25, 0.3) is 0 Å². The summed E-state index contributed by atoms with van der Waals surface area (Å²) in [6.45, 7) is 1.10. The average Bonchev–Trinajstić information content (AvgIpc) is 2.39. The fourth-order valence-electron chi connectivity index (χ4n) is 1.81. The first-order valence-corrected chi connectivity index (χ1v) is 6.70. The molecule has 2 aromatic rings. The number of quaternary nitrogens is 1. The first-order valence-electron chi connectivity index (χ1n) is 6.70. The number of carbonyl (C=O) groups is 1. The number of nitrogens with two attached hydrogens (primary N) is 1. The molecule has 2 N–H and O–H groups in total. The van der Waals surface area contributed by atoms with E-state index in [1.807, 2.05) is 0 Å². The van der Waals surface area contributed by atoms with Gasteiger partial charge in [0.05, 0.1) is 27.1 Å². The number of benzene rings is 2. The zero-order valence-electron chi connectivity index (χ0n) is 12.7. The van der Waals surface area contributed by atoms with E-state index in [0.717, 1.165) is 11.0 Å². The Kier molecular flexibility index (Phi) is 5.93. The minimum atomic E-state index is -1.24. The number of aromatic carboxylic acids is 1. The summed E-state index contributed by atoms with van der Waals surface area (Å²) in [6.07, 6.45) is 0. The van der Waals surface area contributed by atoms with E-state index in [1.54, 1.807) is 12.1 Å². The van der Waals surface area contributed by atoms with Gasteiger partial charge >= 0.3 is 0 Å². The molecule has 0 saturated heterocycles. The number of nitrogens with zero attached hydrogens (tertiary/aromatic N) is 1. The lowest BCUT2D eigenvalue weighted by Crippen LogP contribution is -2.33. The molecule has 0 aliphatic rings. The van der Waals surface area contributed by atoms with Gasteiger partial charge in [-0.05, 0) is 6.07 Å². The Bertz CT molecular complexity index is 575. The first kappa shape index (κ1) is 16.7. The van der Waals surface area contributed by atoms with Crippen molar-refractivity contribution < 1.29 is 14.4 Å². The molecule has 2 rings (SSSR count). The molecule has 4 heteroatoms. The summed E-state index contributed by atoms with van der Waals surface area (Å²) in [5.74, 6) is -1.24. The van der Waals surface area contributed by atoms with E-state index in [-0.39, 0.29) is 11.3 Å². The number of hydrogen-bond donors (Lipinski definition) is 1. The van der Waals surface area contributed by atoms with Crippen molar-refractivity contribution in [3.8, 4) is 0 Å². The van der Waals surface area contributed by atoms with E-state index in [2.05, 4.69) is 51.5 Å². The molecule has 0 saturated carbocycles. The van der Waals surface area contributed by atoms with Gasteiger partial charge in [0.2, 0.25) is 0 Å². The highest BCUT2D eigenvalue weighted by Gasteiger charge is 2.06. The second-order valence-electron chi connectivity index (χ2n) is 5.81. The third kappa shape index (κ3) is 6.58. The molecule has 0 atom stereocenters. The van der Waals surface area contributed by atoms with Crippen LogP contribution in [0.4, 0.5) is 5.69 Å². The molecular formula is C17H22N2O2. The summed E-state index contributed by atoms with van der Waals surface area (Å²) < 4.78 is 0.990. The zero-order valence-corrected chi connectivity index (χ0v) is 12.7. The highest BCUT2D eigenvalue weighted by atomic mass is 16.4. The number of nitrogen functional groups attached to an aromatic ring is 1. The van der Waals surface area contributed by atoms with Crippen LogP contribution >= 0.6 is 0 Å². The van der Waals surface area contributed by atoms with Crippen molar-refractivity contribution in [2.45, 2.75) is 6.54 Å². The topological polar surface area (TPSA) is 66.2 Å². The van der Waals surface area contributed by atoms with E-state index in [9.17, 15) is 9.90 Å². The van der Waals surface area contributed by atoms with Gasteiger partial charge in [-0.25, -0.2) is 0 Å². The molecule has 0 spiro atoms. The van der Waals surface area contributed by atoms with E-state index in [1.165, 1.54) is 17.7 Å². The number of hydrogen-bond acceptors (Lipinski definition) is 3. The molecule has 0 aliphatic heterocycles. The molecule has 0 heterocycles. The predicted octanol–water partition coefficient (Wildman–Crippen LogP) is 1.53. The Balaban J connectivity index is 0.000000211. The van der Waals surface area contributed by atoms with E-state index < -0.39 is 5.97 Å². The molecule has 0 unspecified atom stereocenters. The Labute approximate surface area is 126 Å². The third-order valence-electron chi connectivity index (χ3n) is 2.68. The Morgan fingerprint density at radius 2 is 1.52 bits per heavy atom. The molecule has 2 aromatic carbocycles. The van der Waals surface area contributed by atoms with Gasteiger partial charge in [0, 0.05) is 16.8 Å². The first-order chi connectivity index (χ1) is 9.79. The molecule has 112 valence electrons. The smallest absolute Gasteiger partial charge is 0.104 e. The average molecular weight is 286 g/mol. The molecule has 21 heavy (non-hydrogen) atoms. The second kappa shape index (κ2) is 7.45. The van der Waals surface area contributed by atoms with Gasteiger partial charge < -0.3 is 20.1 Å². The van der Waals surface area contributed by atoms with Crippen LogP contribution in [-0.2, 0) is 6.54 Å². The number of carbonyl (C=O) groups excluding carboxylic acids is 1. The van der Waals surface area contributed by atoms with E-state index in [4.69, 9.17) is 5.73 Å². The van der Waals surface area contributed by atoms with Gasteiger partial charge in [-0.1, -0.05) is 48.5 Å². The summed E-state index contributed by atoms with van der Waals surface area (Å²) in [6, 6.07) is 16.8. The summed E-state index contributed by atoms with van der Waals surface area (Å²) in [4.78, 5) is 10.2. The minimum Gasteiger partial charge on any atom is -0.545 e. The SMILES string of the molecule is C[N+](C)(C)Cc1ccccc1.Nc1ccccc1C(=O)[O-]. The number of carboxylic acid groups (broad SMARTS) is 1. The van der Waals surface area contributed by atoms with Crippen LogP contribution in [0.1, 0.15) is 15.9 Å². The monoisotopic (exact) mass is 286 g/mol. The van der Waals surface area contributed by atoms with E-state index >= 15 is 0 Å². The van der Waals surface area contributed by atoms with Crippen molar-refractivity contribution in [1.29, 1.82) is 0 Å². The lowest BCUT2D eigenvalue weighted by molar-refractivity contribution is -0.884. The Hall–Kier alpha value is -2.33.